The molecule has 0 aliphatic rings. The number of phenolic OH excluding ortho intramolecular Hbond substituents is 1. The van der Waals surface area contributed by atoms with Crippen molar-refractivity contribution in [3.63, 3.8) is 0 Å². The smallest absolute Gasteiger partial charge is 0.123 e. The van der Waals surface area contributed by atoms with E-state index in [0.29, 0.717) is 5.75 Å². The zero-order valence-electron chi connectivity index (χ0n) is 16.5. The number of aromatic hydroxyl groups is 1. The second kappa shape index (κ2) is 6.18. The van der Waals surface area contributed by atoms with Crippen LogP contribution in [0, 0.1) is 5.41 Å². The molecule has 3 nitrogen and oxygen atoms in total. The van der Waals surface area contributed by atoms with Crippen molar-refractivity contribution in [3.8, 4) is 5.75 Å². The van der Waals surface area contributed by atoms with Crippen LogP contribution < -0.4 is 0 Å². The summed E-state index contributed by atoms with van der Waals surface area (Å²) in [4.78, 5) is 5.09. The fraction of sp³-hybridized carbons (Fsp3) is 0.650. The molecule has 0 aromatic heterocycles. The Labute approximate surface area is 141 Å². The molecular formula is C20H33NO2. The molecule has 0 aliphatic heterocycles. The predicted octanol–water partition coefficient (Wildman–Crippen LogP) is 5.38. The summed E-state index contributed by atoms with van der Waals surface area (Å²) in [5, 5.41) is 15.1. The highest BCUT2D eigenvalue weighted by atomic mass is 16.6. The van der Waals surface area contributed by atoms with Crippen LogP contribution in [0.3, 0.4) is 0 Å². The van der Waals surface area contributed by atoms with Gasteiger partial charge in [0.05, 0.1) is 5.71 Å². The number of rotatable bonds is 2. The first-order valence-corrected chi connectivity index (χ1v) is 8.19. The quantitative estimate of drug-likeness (QED) is 0.587. The highest BCUT2D eigenvalue weighted by molar-refractivity contribution is 6.04. The summed E-state index contributed by atoms with van der Waals surface area (Å²) in [7, 11) is 1.57. The van der Waals surface area contributed by atoms with Gasteiger partial charge in [-0.3, -0.25) is 0 Å². The molecule has 0 bridgehead atoms. The van der Waals surface area contributed by atoms with Crippen LogP contribution in [-0.4, -0.2) is 17.9 Å². The van der Waals surface area contributed by atoms with E-state index >= 15 is 0 Å². The largest absolute Gasteiger partial charge is 0.507 e. The van der Waals surface area contributed by atoms with Crippen LogP contribution in [0.5, 0.6) is 5.75 Å². The van der Waals surface area contributed by atoms with Crippen molar-refractivity contribution in [1.29, 1.82) is 0 Å². The fourth-order valence-corrected chi connectivity index (χ4v) is 2.63. The molecule has 0 heterocycles. The van der Waals surface area contributed by atoms with E-state index in [2.05, 4.69) is 67.5 Å². The maximum atomic E-state index is 10.8. The van der Waals surface area contributed by atoms with E-state index in [1.807, 2.05) is 12.1 Å². The standard InChI is InChI=1S/C20H33NO2/c1-18(2,3)14-11-13(17(21-23-10)20(7,8)9)12-15(16(14)22)19(4,5)6/h11-12,22H,1-10H3/b21-17-. The predicted molar refractivity (Wildman–Crippen MR) is 98.5 cm³/mol. The van der Waals surface area contributed by atoms with Gasteiger partial charge >= 0.3 is 0 Å². The average Bonchev–Trinajstić information content (AvgIpc) is 2.32. The molecule has 0 atom stereocenters. The Bertz CT molecular complexity index is 559. The lowest BCUT2D eigenvalue weighted by Crippen LogP contribution is -2.25. The van der Waals surface area contributed by atoms with Crippen LogP contribution in [0.2, 0.25) is 0 Å². The highest BCUT2D eigenvalue weighted by Crippen LogP contribution is 2.40. The van der Waals surface area contributed by atoms with Crippen LogP contribution in [0.1, 0.15) is 79.0 Å². The minimum atomic E-state index is -0.157. The van der Waals surface area contributed by atoms with Crippen molar-refractivity contribution in [3.05, 3.63) is 28.8 Å². The van der Waals surface area contributed by atoms with Crippen LogP contribution in [-0.2, 0) is 15.7 Å². The summed E-state index contributed by atoms with van der Waals surface area (Å²) >= 11 is 0. The topological polar surface area (TPSA) is 41.8 Å². The normalized spacial score (nSPS) is 14.1. The van der Waals surface area contributed by atoms with E-state index in [1.54, 1.807) is 7.11 Å². The summed E-state index contributed by atoms with van der Waals surface area (Å²) in [6.07, 6.45) is 0. The molecule has 0 saturated carbocycles. The van der Waals surface area contributed by atoms with Crippen LogP contribution >= 0.6 is 0 Å². The Morgan fingerprint density at radius 2 is 1.26 bits per heavy atom. The lowest BCUT2D eigenvalue weighted by Gasteiger charge is -2.30. The summed E-state index contributed by atoms with van der Waals surface area (Å²) in [6, 6.07) is 4.10. The molecule has 23 heavy (non-hydrogen) atoms. The monoisotopic (exact) mass is 319 g/mol. The maximum absolute atomic E-state index is 10.8. The first-order chi connectivity index (χ1) is 10.2. The fourth-order valence-electron chi connectivity index (χ4n) is 2.63. The van der Waals surface area contributed by atoms with Crippen LogP contribution in [0.4, 0.5) is 0 Å². The third kappa shape index (κ3) is 4.49. The van der Waals surface area contributed by atoms with E-state index in [0.717, 1.165) is 22.4 Å². The zero-order chi connectivity index (χ0) is 18.2. The Kier molecular flexibility index (Phi) is 5.25. The van der Waals surface area contributed by atoms with Crippen molar-refractivity contribution < 1.29 is 9.94 Å². The summed E-state index contributed by atoms with van der Waals surface area (Å²) in [5.74, 6) is 0.388. The van der Waals surface area contributed by atoms with Crippen molar-refractivity contribution >= 4 is 5.71 Å². The minimum absolute atomic E-state index is 0.155. The van der Waals surface area contributed by atoms with E-state index in [4.69, 9.17) is 4.84 Å². The molecule has 130 valence electrons. The molecule has 1 aromatic rings. The van der Waals surface area contributed by atoms with Gasteiger partial charge in [0.25, 0.3) is 0 Å². The molecule has 1 rings (SSSR count). The lowest BCUT2D eigenvalue weighted by atomic mass is 9.76. The van der Waals surface area contributed by atoms with Crippen molar-refractivity contribution in [2.24, 2.45) is 10.6 Å². The van der Waals surface area contributed by atoms with Crippen LogP contribution in [0.15, 0.2) is 17.3 Å². The van der Waals surface area contributed by atoms with E-state index in [1.165, 1.54) is 0 Å². The van der Waals surface area contributed by atoms with Gasteiger partial charge in [-0.2, -0.15) is 0 Å². The van der Waals surface area contributed by atoms with Gasteiger partial charge in [0.1, 0.15) is 12.9 Å². The molecule has 0 unspecified atom stereocenters. The molecule has 0 fully saturated rings. The number of nitrogens with zero attached hydrogens (tertiary/aromatic N) is 1. The van der Waals surface area contributed by atoms with Crippen molar-refractivity contribution in [2.45, 2.75) is 73.1 Å². The number of hydrogen-bond acceptors (Lipinski definition) is 3. The van der Waals surface area contributed by atoms with Gasteiger partial charge in [-0.15, -0.1) is 0 Å². The molecule has 0 saturated heterocycles. The second-order valence-electron chi connectivity index (χ2n) is 9.29. The third-order valence-corrected chi connectivity index (χ3v) is 3.89. The Balaban J connectivity index is 3.79. The number of oxime groups is 1. The van der Waals surface area contributed by atoms with Gasteiger partial charge in [-0.25, -0.2) is 0 Å². The van der Waals surface area contributed by atoms with Crippen molar-refractivity contribution in [2.75, 3.05) is 7.11 Å². The van der Waals surface area contributed by atoms with Gasteiger partial charge in [-0.1, -0.05) is 67.5 Å². The Morgan fingerprint density at radius 3 is 1.52 bits per heavy atom. The number of phenols is 1. The summed E-state index contributed by atoms with van der Waals surface area (Å²) < 4.78 is 0. The van der Waals surface area contributed by atoms with E-state index in [9.17, 15) is 5.11 Å². The first-order valence-electron chi connectivity index (χ1n) is 8.19. The van der Waals surface area contributed by atoms with E-state index < -0.39 is 0 Å². The third-order valence-electron chi connectivity index (χ3n) is 3.89. The lowest BCUT2D eigenvalue weighted by molar-refractivity contribution is 0.209. The molecule has 0 radical (unpaired) electrons. The molecular weight excluding hydrogens is 286 g/mol. The average molecular weight is 319 g/mol. The van der Waals surface area contributed by atoms with Gasteiger partial charge in [-0.05, 0) is 23.0 Å². The number of benzene rings is 1. The Hall–Kier alpha value is -1.51. The maximum Gasteiger partial charge on any atom is 0.123 e. The molecule has 3 heteroatoms. The summed E-state index contributed by atoms with van der Waals surface area (Å²) in [6.45, 7) is 19.0. The molecule has 0 spiro atoms. The SMILES string of the molecule is CO/N=C(/c1cc(C(C)(C)C)c(O)c(C(C)(C)C)c1)C(C)(C)C. The first kappa shape index (κ1) is 19.5. The van der Waals surface area contributed by atoms with Gasteiger partial charge in [0, 0.05) is 22.1 Å². The summed E-state index contributed by atoms with van der Waals surface area (Å²) in [5.41, 5.74) is 3.30. The minimum Gasteiger partial charge on any atom is -0.507 e. The van der Waals surface area contributed by atoms with Crippen molar-refractivity contribution in [1.82, 2.24) is 0 Å². The van der Waals surface area contributed by atoms with Gasteiger partial charge < -0.3 is 9.94 Å². The molecule has 0 amide bonds. The van der Waals surface area contributed by atoms with Crippen LogP contribution in [0.25, 0.3) is 0 Å². The highest BCUT2D eigenvalue weighted by Gasteiger charge is 2.30. The Morgan fingerprint density at radius 1 is 0.870 bits per heavy atom. The second-order valence-corrected chi connectivity index (χ2v) is 9.29. The number of hydrogen-bond donors (Lipinski definition) is 1. The zero-order valence-corrected chi connectivity index (χ0v) is 16.5. The van der Waals surface area contributed by atoms with E-state index in [-0.39, 0.29) is 16.2 Å². The van der Waals surface area contributed by atoms with Gasteiger partial charge in [0.2, 0.25) is 0 Å². The molecule has 1 N–H and O–H groups in total. The van der Waals surface area contributed by atoms with Gasteiger partial charge in [0.15, 0.2) is 0 Å². The molecule has 1 aromatic carbocycles. The molecule has 0 aliphatic carbocycles.